The topological polar surface area (TPSA) is 46.9 Å². The number of benzene rings is 1. The summed E-state index contributed by atoms with van der Waals surface area (Å²) in [6.45, 7) is 1.90. The van der Waals surface area contributed by atoms with E-state index in [1.54, 1.807) is 0 Å². The number of aromatic nitrogens is 2. The molecule has 0 amide bonds. The van der Waals surface area contributed by atoms with E-state index in [1.165, 1.54) is 0 Å². The summed E-state index contributed by atoms with van der Waals surface area (Å²) in [5, 5.41) is 8.58. The molecule has 3 rings (SSSR count). The molecule has 0 aliphatic carbocycles. The summed E-state index contributed by atoms with van der Waals surface area (Å²) >= 11 is 0. The monoisotopic (exact) mass is 243 g/mol. The van der Waals surface area contributed by atoms with Gasteiger partial charge in [-0.25, -0.2) is 0 Å². The van der Waals surface area contributed by atoms with E-state index in [0.29, 0.717) is 0 Å². The maximum atomic E-state index is 12.4. The van der Waals surface area contributed by atoms with Crippen LogP contribution in [-0.2, 0) is 7.05 Å². The first kappa shape index (κ1) is 11.4. The maximum absolute atomic E-state index is 12.4. The van der Waals surface area contributed by atoms with Gasteiger partial charge < -0.3 is 5.32 Å². The number of Topliss-reactive ketones (excluding diaryl/α,β-unsaturated/α-hetero) is 1. The van der Waals surface area contributed by atoms with Gasteiger partial charge in [0.05, 0.1) is 11.7 Å². The van der Waals surface area contributed by atoms with E-state index in [0.717, 1.165) is 42.4 Å². The van der Waals surface area contributed by atoms with E-state index in [-0.39, 0.29) is 11.7 Å². The Morgan fingerprint density at radius 1 is 1.39 bits per heavy atom. The van der Waals surface area contributed by atoms with Crippen LogP contribution in [-0.4, -0.2) is 28.7 Å². The predicted octanol–water partition coefficient (Wildman–Crippen LogP) is 1.76. The van der Waals surface area contributed by atoms with Crippen molar-refractivity contribution in [2.45, 2.75) is 12.8 Å². The Morgan fingerprint density at radius 3 is 2.94 bits per heavy atom. The Morgan fingerprint density at radius 2 is 2.17 bits per heavy atom. The largest absolute Gasteiger partial charge is 0.317 e. The van der Waals surface area contributed by atoms with Crippen molar-refractivity contribution in [3.8, 4) is 0 Å². The van der Waals surface area contributed by atoms with Crippen molar-refractivity contribution in [3.05, 3.63) is 30.0 Å². The van der Waals surface area contributed by atoms with Gasteiger partial charge in [-0.05, 0) is 32.0 Å². The molecule has 0 atom stereocenters. The van der Waals surface area contributed by atoms with Gasteiger partial charge in [0, 0.05) is 23.9 Å². The number of hydrogen-bond acceptors (Lipinski definition) is 3. The lowest BCUT2D eigenvalue weighted by atomic mass is 9.89. The van der Waals surface area contributed by atoms with Crippen LogP contribution in [0.25, 0.3) is 10.9 Å². The Balaban J connectivity index is 1.93. The molecule has 0 saturated carbocycles. The third-order valence-electron chi connectivity index (χ3n) is 3.74. The standard InChI is InChI=1S/C14H17N3O/c1-17-13-8-11(2-3-12(13)9-16-17)14(18)10-4-6-15-7-5-10/h2-3,8-10,15H,4-7H2,1H3. The summed E-state index contributed by atoms with van der Waals surface area (Å²) in [6.07, 6.45) is 3.72. The second-order valence-corrected chi connectivity index (χ2v) is 4.93. The molecule has 18 heavy (non-hydrogen) atoms. The molecular formula is C14H17N3O. The van der Waals surface area contributed by atoms with Crippen molar-refractivity contribution in [2.75, 3.05) is 13.1 Å². The highest BCUT2D eigenvalue weighted by molar-refractivity contribution is 6.00. The van der Waals surface area contributed by atoms with Gasteiger partial charge in [-0.1, -0.05) is 12.1 Å². The highest BCUT2D eigenvalue weighted by Crippen LogP contribution is 2.21. The number of ketones is 1. The van der Waals surface area contributed by atoms with Gasteiger partial charge in [0.1, 0.15) is 0 Å². The van der Waals surface area contributed by atoms with Crippen LogP contribution in [0.15, 0.2) is 24.4 Å². The Labute approximate surface area is 106 Å². The third-order valence-corrected chi connectivity index (χ3v) is 3.74. The summed E-state index contributed by atoms with van der Waals surface area (Å²) in [6, 6.07) is 5.87. The first-order valence-electron chi connectivity index (χ1n) is 6.42. The SMILES string of the molecule is Cn1ncc2ccc(C(=O)C3CCNCC3)cc21. The molecule has 0 spiro atoms. The molecule has 2 heterocycles. The summed E-state index contributed by atoms with van der Waals surface area (Å²) in [7, 11) is 1.90. The fourth-order valence-corrected chi connectivity index (χ4v) is 2.62. The summed E-state index contributed by atoms with van der Waals surface area (Å²) in [4.78, 5) is 12.4. The number of carbonyl (C=O) groups is 1. The molecular weight excluding hydrogens is 226 g/mol. The highest BCUT2D eigenvalue weighted by Gasteiger charge is 2.22. The van der Waals surface area contributed by atoms with Gasteiger partial charge in [-0.3, -0.25) is 9.48 Å². The lowest BCUT2D eigenvalue weighted by molar-refractivity contribution is 0.0895. The molecule has 4 heteroatoms. The van der Waals surface area contributed by atoms with E-state index >= 15 is 0 Å². The first-order chi connectivity index (χ1) is 8.75. The van der Waals surface area contributed by atoms with Crippen LogP contribution >= 0.6 is 0 Å². The molecule has 1 saturated heterocycles. The van der Waals surface area contributed by atoms with Crippen LogP contribution < -0.4 is 5.32 Å². The minimum absolute atomic E-state index is 0.178. The van der Waals surface area contributed by atoms with Gasteiger partial charge in [-0.15, -0.1) is 0 Å². The van der Waals surface area contributed by atoms with E-state index in [1.807, 2.05) is 36.1 Å². The number of piperidine rings is 1. The Kier molecular flexibility index (Phi) is 2.88. The van der Waals surface area contributed by atoms with Crippen LogP contribution in [0.4, 0.5) is 0 Å². The van der Waals surface area contributed by atoms with E-state index in [4.69, 9.17) is 0 Å². The first-order valence-corrected chi connectivity index (χ1v) is 6.42. The van der Waals surface area contributed by atoms with Crippen LogP contribution in [0, 0.1) is 5.92 Å². The average molecular weight is 243 g/mol. The molecule has 94 valence electrons. The molecule has 1 aliphatic heterocycles. The predicted molar refractivity (Wildman–Crippen MR) is 70.6 cm³/mol. The van der Waals surface area contributed by atoms with Crippen LogP contribution in [0.5, 0.6) is 0 Å². The van der Waals surface area contributed by atoms with Gasteiger partial charge in [0.25, 0.3) is 0 Å². The quantitative estimate of drug-likeness (QED) is 0.817. The van der Waals surface area contributed by atoms with Crippen molar-refractivity contribution in [3.63, 3.8) is 0 Å². The van der Waals surface area contributed by atoms with Gasteiger partial charge in [-0.2, -0.15) is 5.10 Å². The zero-order valence-corrected chi connectivity index (χ0v) is 10.5. The summed E-state index contributed by atoms with van der Waals surface area (Å²) < 4.78 is 1.81. The van der Waals surface area contributed by atoms with Crippen molar-refractivity contribution in [1.82, 2.24) is 15.1 Å². The van der Waals surface area contributed by atoms with E-state index in [2.05, 4.69) is 10.4 Å². The Hall–Kier alpha value is -1.68. The highest BCUT2D eigenvalue weighted by atomic mass is 16.1. The molecule has 0 radical (unpaired) electrons. The lowest BCUT2D eigenvalue weighted by Crippen LogP contribution is -2.31. The second-order valence-electron chi connectivity index (χ2n) is 4.93. The zero-order chi connectivity index (χ0) is 12.5. The number of nitrogens with zero attached hydrogens (tertiary/aromatic N) is 2. The molecule has 1 aromatic heterocycles. The molecule has 0 unspecified atom stereocenters. The fourth-order valence-electron chi connectivity index (χ4n) is 2.62. The minimum atomic E-state index is 0.178. The number of carbonyl (C=O) groups excluding carboxylic acids is 1. The van der Waals surface area contributed by atoms with Crippen LogP contribution in [0.1, 0.15) is 23.2 Å². The van der Waals surface area contributed by atoms with Crippen molar-refractivity contribution in [1.29, 1.82) is 0 Å². The number of rotatable bonds is 2. The van der Waals surface area contributed by atoms with E-state index < -0.39 is 0 Å². The number of aryl methyl sites for hydroxylation is 1. The maximum Gasteiger partial charge on any atom is 0.166 e. The van der Waals surface area contributed by atoms with E-state index in [9.17, 15) is 4.79 Å². The average Bonchev–Trinajstić information content (AvgIpc) is 2.80. The zero-order valence-electron chi connectivity index (χ0n) is 10.5. The summed E-state index contributed by atoms with van der Waals surface area (Å²) in [5.41, 5.74) is 1.84. The smallest absolute Gasteiger partial charge is 0.166 e. The lowest BCUT2D eigenvalue weighted by Gasteiger charge is -2.21. The molecule has 0 bridgehead atoms. The molecule has 2 aromatic rings. The van der Waals surface area contributed by atoms with Crippen LogP contribution in [0.3, 0.4) is 0 Å². The molecule has 1 N–H and O–H groups in total. The minimum Gasteiger partial charge on any atom is -0.317 e. The molecule has 4 nitrogen and oxygen atoms in total. The summed E-state index contributed by atoms with van der Waals surface area (Å²) in [5.74, 6) is 0.455. The van der Waals surface area contributed by atoms with Crippen LogP contribution in [0.2, 0.25) is 0 Å². The van der Waals surface area contributed by atoms with Crippen molar-refractivity contribution < 1.29 is 4.79 Å². The number of hydrogen-bond donors (Lipinski definition) is 1. The second kappa shape index (κ2) is 4.53. The number of fused-ring (bicyclic) bond motifs is 1. The Bertz CT molecular complexity index is 582. The van der Waals surface area contributed by atoms with Gasteiger partial charge >= 0.3 is 0 Å². The fraction of sp³-hybridized carbons (Fsp3) is 0.429. The van der Waals surface area contributed by atoms with Crippen molar-refractivity contribution in [2.24, 2.45) is 13.0 Å². The molecule has 1 aliphatic rings. The normalized spacial score (nSPS) is 17.2. The molecule has 1 aromatic carbocycles. The molecule has 1 fully saturated rings. The number of nitrogens with one attached hydrogen (secondary N) is 1. The van der Waals surface area contributed by atoms with Gasteiger partial charge in [0.15, 0.2) is 5.78 Å². The van der Waals surface area contributed by atoms with Gasteiger partial charge in [0.2, 0.25) is 0 Å². The third kappa shape index (κ3) is 1.93. The van der Waals surface area contributed by atoms with Crippen molar-refractivity contribution >= 4 is 16.7 Å².